The number of nitrogens with one attached hydrogen (secondary N) is 3. The van der Waals surface area contributed by atoms with Gasteiger partial charge in [-0.05, 0) is 38.8 Å². The molecule has 1 amide bonds. The van der Waals surface area contributed by atoms with Crippen molar-refractivity contribution in [1.29, 1.82) is 0 Å². The number of benzene rings is 1. The van der Waals surface area contributed by atoms with Crippen LogP contribution in [0, 0.1) is 13.8 Å². The second-order valence-electron chi connectivity index (χ2n) is 5.85. The molecular weight excluding hydrogens is 340 g/mol. The number of sulfonamides is 1. The zero-order chi connectivity index (χ0) is 18.4. The lowest BCUT2D eigenvalue weighted by Crippen LogP contribution is -2.30. The summed E-state index contributed by atoms with van der Waals surface area (Å²) in [4.78, 5) is 12.3. The van der Waals surface area contributed by atoms with Gasteiger partial charge in [0.25, 0.3) is 5.91 Å². The maximum atomic E-state index is 12.1. The van der Waals surface area contributed by atoms with Gasteiger partial charge in [-0.1, -0.05) is 24.6 Å². The number of nitrogens with zero attached hydrogens (tertiary/aromatic N) is 1. The summed E-state index contributed by atoms with van der Waals surface area (Å²) >= 11 is 0. The van der Waals surface area contributed by atoms with E-state index in [-0.39, 0.29) is 17.3 Å². The van der Waals surface area contributed by atoms with Crippen molar-refractivity contribution >= 4 is 15.9 Å². The van der Waals surface area contributed by atoms with E-state index in [0.717, 1.165) is 23.2 Å². The van der Waals surface area contributed by atoms with Gasteiger partial charge in [-0.25, -0.2) is 13.1 Å². The third kappa shape index (κ3) is 4.90. The minimum atomic E-state index is -3.52. The van der Waals surface area contributed by atoms with E-state index in [2.05, 4.69) is 20.2 Å². The Morgan fingerprint density at radius 3 is 2.44 bits per heavy atom. The second-order valence-corrected chi connectivity index (χ2v) is 7.62. The quantitative estimate of drug-likeness (QED) is 0.620. The first-order valence-corrected chi connectivity index (χ1v) is 9.72. The molecule has 0 aliphatic heterocycles. The second kappa shape index (κ2) is 8.26. The SMILES string of the molecule is CCc1[nH]nc(C(=O)NCCCNS(=O)(=O)c2ccc(C)cc2)c1C. The fraction of sp³-hybridized carbons (Fsp3) is 0.412. The average molecular weight is 364 g/mol. The topological polar surface area (TPSA) is 104 Å². The molecule has 0 unspecified atom stereocenters. The van der Waals surface area contributed by atoms with Gasteiger partial charge >= 0.3 is 0 Å². The molecule has 0 aliphatic carbocycles. The van der Waals surface area contributed by atoms with Crippen molar-refractivity contribution in [2.45, 2.75) is 38.5 Å². The number of aryl methyl sites for hydroxylation is 2. The van der Waals surface area contributed by atoms with E-state index in [1.54, 1.807) is 24.3 Å². The number of aromatic amines is 1. The average Bonchev–Trinajstić information content (AvgIpc) is 2.95. The summed E-state index contributed by atoms with van der Waals surface area (Å²) < 4.78 is 26.8. The predicted molar refractivity (Wildman–Crippen MR) is 96.0 cm³/mol. The Balaban J connectivity index is 1.78. The van der Waals surface area contributed by atoms with Crippen LogP contribution >= 0.6 is 0 Å². The van der Waals surface area contributed by atoms with Crippen molar-refractivity contribution in [2.24, 2.45) is 0 Å². The molecule has 2 aromatic rings. The summed E-state index contributed by atoms with van der Waals surface area (Å²) in [6.07, 6.45) is 1.27. The van der Waals surface area contributed by atoms with Gasteiger partial charge in [-0.15, -0.1) is 0 Å². The number of aromatic nitrogens is 2. The van der Waals surface area contributed by atoms with Gasteiger partial charge in [0, 0.05) is 24.3 Å². The third-order valence-electron chi connectivity index (χ3n) is 3.94. The van der Waals surface area contributed by atoms with Crippen molar-refractivity contribution in [1.82, 2.24) is 20.2 Å². The molecule has 7 nitrogen and oxygen atoms in total. The number of hydrogen-bond acceptors (Lipinski definition) is 4. The van der Waals surface area contributed by atoms with Crippen LogP contribution in [0.3, 0.4) is 0 Å². The molecular formula is C17H24N4O3S. The van der Waals surface area contributed by atoms with Gasteiger partial charge in [-0.2, -0.15) is 5.10 Å². The normalized spacial score (nSPS) is 11.5. The van der Waals surface area contributed by atoms with Crippen LogP contribution in [0.4, 0.5) is 0 Å². The molecule has 0 saturated heterocycles. The van der Waals surface area contributed by atoms with E-state index in [1.165, 1.54) is 0 Å². The van der Waals surface area contributed by atoms with Gasteiger partial charge in [0.1, 0.15) is 0 Å². The molecule has 8 heteroatoms. The smallest absolute Gasteiger partial charge is 0.272 e. The molecule has 0 atom stereocenters. The highest BCUT2D eigenvalue weighted by atomic mass is 32.2. The number of hydrogen-bond donors (Lipinski definition) is 3. The monoisotopic (exact) mass is 364 g/mol. The van der Waals surface area contributed by atoms with Crippen molar-refractivity contribution in [3.8, 4) is 0 Å². The van der Waals surface area contributed by atoms with E-state index >= 15 is 0 Å². The van der Waals surface area contributed by atoms with Crippen LogP contribution in [0.5, 0.6) is 0 Å². The van der Waals surface area contributed by atoms with Gasteiger partial charge in [-0.3, -0.25) is 9.89 Å². The van der Waals surface area contributed by atoms with Crippen LogP contribution in [0.1, 0.15) is 40.7 Å². The first-order chi connectivity index (χ1) is 11.8. The molecule has 25 heavy (non-hydrogen) atoms. The Morgan fingerprint density at radius 2 is 1.84 bits per heavy atom. The van der Waals surface area contributed by atoms with E-state index < -0.39 is 10.0 Å². The summed E-state index contributed by atoms with van der Waals surface area (Å²) in [7, 11) is -3.52. The van der Waals surface area contributed by atoms with Crippen molar-refractivity contribution in [3.05, 3.63) is 46.8 Å². The van der Waals surface area contributed by atoms with Crippen molar-refractivity contribution in [2.75, 3.05) is 13.1 Å². The summed E-state index contributed by atoms with van der Waals surface area (Å²) in [6.45, 7) is 6.35. The Morgan fingerprint density at radius 1 is 1.16 bits per heavy atom. The summed E-state index contributed by atoms with van der Waals surface area (Å²) in [5, 5.41) is 9.62. The van der Waals surface area contributed by atoms with Crippen LogP contribution in [0.2, 0.25) is 0 Å². The van der Waals surface area contributed by atoms with Crippen molar-refractivity contribution in [3.63, 3.8) is 0 Å². The van der Waals surface area contributed by atoms with Gasteiger partial charge < -0.3 is 5.32 Å². The number of amides is 1. The number of rotatable bonds is 8. The Bertz CT molecular complexity index is 826. The Kier molecular flexibility index (Phi) is 6.33. The molecule has 0 bridgehead atoms. The maximum absolute atomic E-state index is 12.1. The lowest BCUT2D eigenvalue weighted by molar-refractivity contribution is 0.0948. The number of carbonyl (C=O) groups is 1. The highest BCUT2D eigenvalue weighted by Crippen LogP contribution is 2.10. The molecule has 1 aromatic heterocycles. The molecule has 0 spiro atoms. The van der Waals surface area contributed by atoms with E-state index in [4.69, 9.17) is 0 Å². The zero-order valence-electron chi connectivity index (χ0n) is 14.7. The minimum Gasteiger partial charge on any atom is -0.351 e. The zero-order valence-corrected chi connectivity index (χ0v) is 15.5. The molecule has 1 heterocycles. The van der Waals surface area contributed by atoms with Crippen LogP contribution < -0.4 is 10.0 Å². The largest absolute Gasteiger partial charge is 0.351 e. The van der Waals surface area contributed by atoms with E-state index in [9.17, 15) is 13.2 Å². The first kappa shape index (κ1) is 19.1. The molecule has 0 radical (unpaired) electrons. The standard InChI is InChI=1S/C17H24N4O3S/c1-4-15-13(3)16(21-20-15)17(22)18-10-5-11-19-25(23,24)14-8-6-12(2)7-9-14/h6-9,19H,4-5,10-11H2,1-3H3,(H,18,22)(H,20,21). The summed E-state index contributed by atoms with van der Waals surface area (Å²) in [6, 6.07) is 6.66. The molecule has 3 N–H and O–H groups in total. The number of H-pyrrole nitrogens is 1. The highest BCUT2D eigenvalue weighted by Gasteiger charge is 2.15. The van der Waals surface area contributed by atoms with Gasteiger partial charge in [0.05, 0.1) is 4.90 Å². The van der Waals surface area contributed by atoms with Crippen molar-refractivity contribution < 1.29 is 13.2 Å². The third-order valence-corrected chi connectivity index (χ3v) is 5.42. The maximum Gasteiger partial charge on any atom is 0.272 e. The van der Waals surface area contributed by atoms with Gasteiger partial charge in [0.15, 0.2) is 5.69 Å². The minimum absolute atomic E-state index is 0.237. The Hall–Kier alpha value is -2.19. The van der Waals surface area contributed by atoms with Crippen LogP contribution in [0.25, 0.3) is 0 Å². The van der Waals surface area contributed by atoms with Crippen LogP contribution in [0.15, 0.2) is 29.2 Å². The Labute approximate surface area is 148 Å². The first-order valence-electron chi connectivity index (χ1n) is 8.23. The molecule has 0 saturated carbocycles. The fourth-order valence-corrected chi connectivity index (χ4v) is 3.45. The highest BCUT2D eigenvalue weighted by molar-refractivity contribution is 7.89. The summed E-state index contributed by atoms with van der Waals surface area (Å²) in [5.41, 5.74) is 3.18. The molecule has 0 aliphatic rings. The van der Waals surface area contributed by atoms with Crippen LogP contribution in [-0.2, 0) is 16.4 Å². The summed E-state index contributed by atoms with van der Waals surface area (Å²) in [5.74, 6) is -0.255. The molecule has 2 rings (SSSR count). The van der Waals surface area contributed by atoms with E-state index in [0.29, 0.717) is 18.7 Å². The van der Waals surface area contributed by atoms with Crippen LogP contribution in [-0.4, -0.2) is 37.6 Å². The molecule has 1 aromatic carbocycles. The lowest BCUT2D eigenvalue weighted by atomic mass is 10.1. The molecule has 136 valence electrons. The van der Waals surface area contributed by atoms with Gasteiger partial charge in [0.2, 0.25) is 10.0 Å². The lowest BCUT2D eigenvalue weighted by Gasteiger charge is -2.08. The molecule has 0 fully saturated rings. The number of carbonyl (C=O) groups excluding carboxylic acids is 1. The van der Waals surface area contributed by atoms with E-state index in [1.807, 2.05) is 20.8 Å². The predicted octanol–water partition coefficient (Wildman–Crippen LogP) is 1.69. The fourth-order valence-electron chi connectivity index (χ4n) is 2.38.